The van der Waals surface area contributed by atoms with Gasteiger partial charge in [0.1, 0.15) is 18.2 Å². The van der Waals surface area contributed by atoms with Gasteiger partial charge < -0.3 is 4.74 Å². The van der Waals surface area contributed by atoms with Crippen molar-refractivity contribution in [1.29, 1.82) is 5.26 Å². The Balaban J connectivity index is 2.17. The third-order valence-corrected chi connectivity index (χ3v) is 3.54. The van der Waals surface area contributed by atoms with Gasteiger partial charge in [-0.2, -0.15) is 5.26 Å². The van der Waals surface area contributed by atoms with Crippen molar-refractivity contribution in [3.8, 4) is 11.8 Å². The van der Waals surface area contributed by atoms with Crippen LogP contribution in [0.1, 0.15) is 42.9 Å². The molecular weight excluding hydrogens is 265 g/mol. The van der Waals surface area contributed by atoms with Gasteiger partial charge in [0, 0.05) is 0 Å². The zero-order chi connectivity index (χ0) is 15.2. The smallest absolute Gasteiger partial charge is 0.124 e. The van der Waals surface area contributed by atoms with Gasteiger partial charge in [0.2, 0.25) is 0 Å². The second-order valence-electron chi connectivity index (χ2n) is 5.10. The lowest BCUT2D eigenvalue weighted by molar-refractivity contribution is 0.300. The van der Waals surface area contributed by atoms with Crippen molar-refractivity contribution in [2.24, 2.45) is 0 Å². The molecule has 0 radical (unpaired) electrons. The molecule has 0 spiro atoms. The molecule has 2 rings (SSSR count). The molecule has 0 saturated carbocycles. The molecule has 2 aromatic carbocycles. The molecule has 1 unspecified atom stereocenters. The Hall–Kier alpha value is -2.34. The fourth-order valence-corrected chi connectivity index (χ4v) is 2.20. The number of para-hydroxylation sites is 1. The summed E-state index contributed by atoms with van der Waals surface area (Å²) in [6, 6.07) is 14.1. The van der Waals surface area contributed by atoms with Crippen LogP contribution in [-0.2, 0) is 6.61 Å². The third-order valence-electron chi connectivity index (χ3n) is 3.54. The number of halogens is 1. The Morgan fingerprint density at radius 3 is 2.71 bits per heavy atom. The van der Waals surface area contributed by atoms with Crippen LogP contribution in [0, 0.1) is 17.1 Å². The quantitative estimate of drug-likeness (QED) is 0.790. The third kappa shape index (κ3) is 3.82. The highest BCUT2D eigenvalue weighted by Gasteiger charge is 2.10. The van der Waals surface area contributed by atoms with Crippen LogP contribution in [0.25, 0.3) is 0 Å². The highest BCUT2D eigenvalue weighted by atomic mass is 19.1. The molecule has 108 valence electrons. The van der Waals surface area contributed by atoms with E-state index in [0.29, 0.717) is 17.0 Å². The number of hydrogen-bond donors (Lipinski definition) is 0. The first-order valence-electron chi connectivity index (χ1n) is 7.05. The minimum absolute atomic E-state index is 0.250. The Kier molecular flexibility index (Phi) is 4.94. The molecule has 0 saturated heterocycles. The van der Waals surface area contributed by atoms with Gasteiger partial charge in [-0.05, 0) is 47.7 Å². The number of ether oxygens (including phenoxy) is 1. The summed E-state index contributed by atoms with van der Waals surface area (Å²) in [6.45, 7) is 4.53. The second kappa shape index (κ2) is 6.90. The number of rotatable bonds is 5. The van der Waals surface area contributed by atoms with Gasteiger partial charge in [-0.25, -0.2) is 4.39 Å². The minimum Gasteiger partial charge on any atom is -0.489 e. The number of nitrogens with zero attached hydrogens (tertiary/aromatic N) is 1. The average molecular weight is 283 g/mol. The van der Waals surface area contributed by atoms with Crippen molar-refractivity contribution >= 4 is 0 Å². The maximum Gasteiger partial charge on any atom is 0.124 e. The van der Waals surface area contributed by atoms with Crippen molar-refractivity contribution in [1.82, 2.24) is 0 Å². The predicted molar refractivity (Wildman–Crippen MR) is 80.6 cm³/mol. The molecule has 0 amide bonds. The summed E-state index contributed by atoms with van der Waals surface area (Å²) in [5.74, 6) is 0.806. The van der Waals surface area contributed by atoms with Gasteiger partial charge >= 0.3 is 0 Å². The van der Waals surface area contributed by atoms with Gasteiger partial charge in [0.05, 0.1) is 11.6 Å². The Morgan fingerprint density at radius 2 is 2.00 bits per heavy atom. The average Bonchev–Trinajstić information content (AvgIpc) is 2.51. The normalized spacial score (nSPS) is 11.7. The first-order valence-corrected chi connectivity index (χ1v) is 7.05. The molecule has 0 aliphatic rings. The molecule has 0 aliphatic carbocycles. The van der Waals surface area contributed by atoms with Crippen molar-refractivity contribution in [3.05, 3.63) is 65.0 Å². The van der Waals surface area contributed by atoms with E-state index in [4.69, 9.17) is 10.00 Å². The van der Waals surface area contributed by atoms with E-state index in [1.165, 1.54) is 12.1 Å². The summed E-state index contributed by atoms with van der Waals surface area (Å²) in [6.07, 6.45) is 1.03. The predicted octanol–water partition coefficient (Wildman–Crippen LogP) is 4.79. The monoisotopic (exact) mass is 283 g/mol. The largest absolute Gasteiger partial charge is 0.489 e. The second-order valence-corrected chi connectivity index (χ2v) is 5.10. The lowest BCUT2D eigenvalue weighted by atomic mass is 9.98. The summed E-state index contributed by atoms with van der Waals surface area (Å²) in [5, 5.41) is 8.86. The van der Waals surface area contributed by atoms with Crippen molar-refractivity contribution < 1.29 is 9.13 Å². The molecule has 0 fully saturated rings. The molecule has 1 atom stereocenters. The van der Waals surface area contributed by atoms with Gasteiger partial charge in [-0.15, -0.1) is 0 Å². The highest BCUT2D eigenvalue weighted by molar-refractivity contribution is 5.37. The Labute approximate surface area is 124 Å². The van der Waals surface area contributed by atoms with E-state index >= 15 is 0 Å². The zero-order valence-electron chi connectivity index (χ0n) is 12.3. The minimum atomic E-state index is -0.414. The lowest BCUT2D eigenvalue weighted by Crippen LogP contribution is -2.01. The molecule has 0 aromatic heterocycles. The molecule has 2 aromatic rings. The Bertz CT molecular complexity index is 661. The van der Waals surface area contributed by atoms with Crippen LogP contribution in [0.2, 0.25) is 0 Å². The van der Waals surface area contributed by atoms with E-state index in [9.17, 15) is 4.39 Å². The molecule has 2 nitrogen and oxygen atoms in total. The fourth-order valence-electron chi connectivity index (χ4n) is 2.20. The molecule has 0 aliphatic heterocycles. The highest BCUT2D eigenvalue weighted by Crippen LogP contribution is 2.29. The topological polar surface area (TPSA) is 33.0 Å². The van der Waals surface area contributed by atoms with Crippen LogP contribution < -0.4 is 4.74 Å². The fraction of sp³-hybridized carbons (Fsp3) is 0.278. The van der Waals surface area contributed by atoms with E-state index in [1.807, 2.05) is 24.3 Å². The van der Waals surface area contributed by atoms with Gasteiger partial charge in [0.25, 0.3) is 0 Å². The molecule has 0 bridgehead atoms. The van der Waals surface area contributed by atoms with E-state index in [2.05, 4.69) is 19.9 Å². The summed E-state index contributed by atoms with van der Waals surface area (Å²) >= 11 is 0. The summed E-state index contributed by atoms with van der Waals surface area (Å²) < 4.78 is 19.2. The Morgan fingerprint density at radius 1 is 1.24 bits per heavy atom. The van der Waals surface area contributed by atoms with Crippen LogP contribution in [-0.4, -0.2) is 0 Å². The maximum atomic E-state index is 13.4. The van der Waals surface area contributed by atoms with Crippen molar-refractivity contribution in [3.63, 3.8) is 0 Å². The van der Waals surface area contributed by atoms with Gasteiger partial charge in [-0.3, -0.25) is 0 Å². The van der Waals surface area contributed by atoms with Crippen LogP contribution in [0.4, 0.5) is 4.39 Å². The summed E-state index contributed by atoms with van der Waals surface area (Å²) in [5.41, 5.74) is 2.12. The van der Waals surface area contributed by atoms with Crippen molar-refractivity contribution in [2.45, 2.75) is 32.8 Å². The van der Waals surface area contributed by atoms with Crippen LogP contribution in [0.5, 0.6) is 5.75 Å². The van der Waals surface area contributed by atoms with E-state index in [1.54, 1.807) is 6.07 Å². The maximum absolute atomic E-state index is 13.4. The van der Waals surface area contributed by atoms with E-state index in [-0.39, 0.29) is 6.61 Å². The van der Waals surface area contributed by atoms with Crippen LogP contribution in [0.3, 0.4) is 0 Å². The van der Waals surface area contributed by atoms with Gasteiger partial charge in [-0.1, -0.05) is 32.0 Å². The molecule has 21 heavy (non-hydrogen) atoms. The van der Waals surface area contributed by atoms with Crippen molar-refractivity contribution in [2.75, 3.05) is 0 Å². The van der Waals surface area contributed by atoms with Crippen LogP contribution in [0.15, 0.2) is 42.5 Å². The number of hydrogen-bond acceptors (Lipinski definition) is 2. The van der Waals surface area contributed by atoms with Crippen LogP contribution >= 0.6 is 0 Å². The number of benzene rings is 2. The first kappa shape index (κ1) is 15.1. The molecule has 3 heteroatoms. The molecular formula is C18H18FNO. The molecule has 0 N–H and O–H groups in total. The summed E-state index contributed by atoms with van der Waals surface area (Å²) in [4.78, 5) is 0. The SMILES string of the molecule is CCC(C)c1ccccc1OCc1cc(F)cc(C#N)c1. The van der Waals surface area contributed by atoms with E-state index in [0.717, 1.165) is 17.7 Å². The molecule has 0 heterocycles. The standard InChI is InChI=1S/C18H18FNO/c1-3-13(2)17-6-4-5-7-18(17)21-12-15-8-14(11-20)9-16(19)10-15/h4-10,13H,3,12H2,1-2H3. The summed E-state index contributed by atoms with van der Waals surface area (Å²) in [7, 11) is 0. The van der Waals surface area contributed by atoms with E-state index < -0.39 is 5.82 Å². The zero-order valence-corrected chi connectivity index (χ0v) is 12.3. The number of nitriles is 1. The first-order chi connectivity index (χ1) is 10.1. The van der Waals surface area contributed by atoms with Gasteiger partial charge in [0.15, 0.2) is 0 Å². The lowest BCUT2D eigenvalue weighted by Gasteiger charge is -2.15.